The molecule has 0 amide bonds. The van der Waals surface area contributed by atoms with E-state index >= 15 is 0 Å². The molecule has 5 atom stereocenters. The zero-order chi connectivity index (χ0) is 15.0. The Kier molecular flexibility index (Phi) is 4.98. The first kappa shape index (κ1) is 16.8. The van der Waals surface area contributed by atoms with Gasteiger partial charge in [0, 0.05) is 5.92 Å². The molecule has 0 aromatic rings. The summed E-state index contributed by atoms with van der Waals surface area (Å²) in [6.45, 7) is 6.96. The first-order valence-electron chi connectivity index (χ1n) is 6.07. The summed E-state index contributed by atoms with van der Waals surface area (Å²) in [6, 6.07) is 0. The van der Waals surface area contributed by atoms with Crippen molar-refractivity contribution in [1.82, 2.24) is 0 Å². The Morgan fingerprint density at radius 2 is 1.74 bits per heavy atom. The van der Waals surface area contributed by atoms with Crippen LogP contribution in [0.2, 0.25) is 0 Å². The van der Waals surface area contributed by atoms with Crippen LogP contribution in [0.1, 0.15) is 27.7 Å². The third-order valence-corrected chi connectivity index (χ3v) is 3.74. The van der Waals surface area contributed by atoms with Gasteiger partial charge in [0.15, 0.2) is 0 Å². The van der Waals surface area contributed by atoms with Gasteiger partial charge in [-0.05, 0) is 5.41 Å². The average molecular weight is 298 g/mol. The van der Waals surface area contributed by atoms with Crippen molar-refractivity contribution >= 4 is 10.4 Å². The van der Waals surface area contributed by atoms with Crippen LogP contribution in [0.4, 0.5) is 0 Å². The first-order valence-corrected chi connectivity index (χ1v) is 7.43. The molecule has 0 saturated carbocycles. The monoisotopic (exact) mass is 298 g/mol. The molecule has 1 rings (SSSR count). The van der Waals surface area contributed by atoms with Gasteiger partial charge in [0.25, 0.3) is 0 Å². The fourth-order valence-electron chi connectivity index (χ4n) is 2.39. The summed E-state index contributed by atoms with van der Waals surface area (Å²) >= 11 is 0. The van der Waals surface area contributed by atoms with Crippen molar-refractivity contribution in [3.8, 4) is 0 Å². The average Bonchev–Trinajstić information content (AvgIpc) is 2.22. The molecule has 5 unspecified atom stereocenters. The lowest BCUT2D eigenvalue weighted by atomic mass is 9.76. The van der Waals surface area contributed by atoms with Gasteiger partial charge in [0.1, 0.15) is 12.2 Å². The van der Waals surface area contributed by atoms with Gasteiger partial charge < -0.3 is 14.9 Å². The highest BCUT2D eigenvalue weighted by molar-refractivity contribution is 7.80. The summed E-state index contributed by atoms with van der Waals surface area (Å²) < 4.78 is 39.5. The molecule has 1 aliphatic rings. The Bertz CT molecular complexity index is 400. The smallest absolute Gasteiger partial charge is 0.390 e. The lowest BCUT2D eigenvalue weighted by molar-refractivity contribution is -0.226. The third-order valence-electron chi connectivity index (χ3n) is 3.30. The minimum absolute atomic E-state index is 0.295. The largest absolute Gasteiger partial charge is 0.397 e. The van der Waals surface area contributed by atoms with Crippen molar-refractivity contribution < 1.29 is 32.1 Å². The maximum Gasteiger partial charge on any atom is 0.397 e. The lowest BCUT2D eigenvalue weighted by Gasteiger charge is -2.46. The molecule has 1 saturated heterocycles. The maximum absolute atomic E-state index is 10.5. The summed E-state index contributed by atoms with van der Waals surface area (Å²) in [4.78, 5) is 0. The van der Waals surface area contributed by atoms with Crippen LogP contribution >= 0.6 is 0 Å². The molecular formula is C11H22O7S. The molecule has 1 fully saturated rings. The Morgan fingerprint density at radius 1 is 1.21 bits per heavy atom. The van der Waals surface area contributed by atoms with Gasteiger partial charge in [-0.1, -0.05) is 27.7 Å². The van der Waals surface area contributed by atoms with Crippen LogP contribution in [0, 0.1) is 11.3 Å². The number of aliphatic hydroxyl groups excluding tert-OH is 2. The molecule has 8 heteroatoms. The molecule has 0 aromatic heterocycles. The lowest BCUT2D eigenvalue weighted by Crippen LogP contribution is -2.58. The quantitative estimate of drug-likeness (QED) is 0.627. The molecule has 0 aromatic carbocycles. The molecule has 7 nitrogen and oxygen atoms in total. The van der Waals surface area contributed by atoms with Gasteiger partial charge in [-0.3, -0.25) is 4.55 Å². The molecule has 19 heavy (non-hydrogen) atoms. The first-order chi connectivity index (χ1) is 8.43. The van der Waals surface area contributed by atoms with Crippen LogP contribution in [0.25, 0.3) is 0 Å². The predicted octanol–water partition coefficient (Wildman–Crippen LogP) is -0.0228. The molecule has 114 valence electrons. The zero-order valence-corrected chi connectivity index (χ0v) is 12.3. The van der Waals surface area contributed by atoms with Gasteiger partial charge in [0.05, 0.1) is 18.8 Å². The highest BCUT2D eigenvalue weighted by Crippen LogP contribution is 2.36. The van der Waals surface area contributed by atoms with Crippen LogP contribution in [0.5, 0.6) is 0 Å². The van der Waals surface area contributed by atoms with Crippen LogP contribution < -0.4 is 0 Å². The van der Waals surface area contributed by atoms with E-state index in [0.717, 1.165) is 0 Å². The highest BCUT2D eigenvalue weighted by Gasteiger charge is 2.46. The van der Waals surface area contributed by atoms with E-state index < -0.39 is 35.3 Å². The van der Waals surface area contributed by atoms with E-state index in [1.807, 2.05) is 20.8 Å². The number of aliphatic hydroxyl groups is 2. The van der Waals surface area contributed by atoms with E-state index in [4.69, 9.17) is 9.29 Å². The van der Waals surface area contributed by atoms with Crippen molar-refractivity contribution in [3.63, 3.8) is 0 Å². The number of rotatable bonds is 3. The van der Waals surface area contributed by atoms with Gasteiger partial charge in [-0.15, -0.1) is 0 Å². The number of hydrogen-bond donors (Lipinski definition) is 3. The van der Waals surface area contributed by atoms with Crippen molar-refractivity contribution in [3.05, 3.63) is 0 Å². The molecular weight excluding hydrogens is 276 g/mol. The van der Waals surface area contributed by atoms with E-state index in [1.165, 1.54) is 0 Å². The second kappa shape index (κ2) is 5.63. The van der Waals surface area contributed by atoms with Gasteiger partial charge in [0.2, 0.25) is 0 Å². The Morgan fingerprint density at radius 3 is 2.16 bits per heavy atom. The van der Waals surface area contributed by atoms with E-state index in [9.17, 15) is 18.6 Å². The predicted molar refractivity (Wildman–Crippen MR) is 66.8 cm³/mol. The van der Waals surface area contributed by atoms with Crippen molar-refractivity contribution in [2.45, 2.75) is 52.1 Å². The molecule has 0 spiro atoms. The number of ether oxygens (including phenoxy) is 1. The van der Waals surface area contributed by atoms with Gasteiger partial charge in [-0.2, -0.15) is 8.42 Å². The van der Waals surface area contributed by atoms with Crippen LogP contribution in [0.3, 0.4) is 0 Å². The molecule has 1 heterocycles. The Hall–Kier alpha value is -0.250. The normalized spacial score (nSPS) is 37.3. The molecule has 0 bridgehead atoms. The van der Waals surface area contributed by atoms with Gasteiger partial charge in [-0.25, -0.2) is 4.18 Å². The van der Waals surface area contributed by atoms with Crippen LogP contribution in [0.15, 0.2) is 0 Å². The van der Waals surface area contributed by atoms with E-state index in [-0.39, 0.29) is 17.4 Å². The fraction of sp³-hybridized carbons (Fsp3) is 1.00. The Labute approximate surface area is 113 Å². The zero-order valence-electron chi connectivity index (χ0n) is 11.5. The second-order valence-corrected chi connectivity index (χ2v) is 7.10. The topological polar surface area (TPSA) is 113 Å². The van der Waals surface area contributed by atoms with Crippen molar-refractivity contribution in [2.24, 2.45) is 11.3 Å². The van der Waals surface area contributed by atoms with Gasteiger partial charge >= 0.3 is 10.4 Å². The molecule has 0 aliphatic carbocycles. The standard InChI is InChI=1S/C11H22O7S/c1-6-8(12)9(13)7(5-17-19(14,15)16)18-10(6)11(2,3)4/h6-10,12-13H,5H2,1-4H3,(H,14,15,16). The summed E-state index contributed by atoms with van der Waals surface area (Å²) in [6.07, 6.45) is -3.71. The SMILES string of the molecule is CC1C(O)C(O)C(COS(=O)(=O)O)OC1C(C)(C)C. The van der Waals surface area contributed by atoms with E-state index in [0.29, 0.717) is 0 Å². The summed E-state index contributed by atoms with van der Waals surface area (Å²) in [7, 11) is -4.60. The van der Waals surface area contributed by atoms with E-state index in [1.54, 1.807) is 6.92 Å². The van der Waals surface area contributed by atoms with Crippen molar-refractivity contribution in [1.29, 1.82) is 0 Å². The molecule has 1 aliphatic heterocycles. The molecule has 0 radical (unpaired) electrons. The Balaban J connectivity index is 2.82. The minimum Gasteiger partial charge on any atom is -0.390 e. The summed E-state index contributed by atoms with van der Waals surface area (Å²) in [5.41, 5.74) is -0.295. The van der Waals surface area contributed by atoms with Crippen molar-refractivity contribution in [2.75, 3.05) is 6.61 Å². The summed E-state index contributed by atoms with van der Waals surface area (Å²) in [5.74, 6) is -0.308. The van der Waals surface area contributed by atoms with Crippen LogP contribution in [-0.2, 0) is 19.3 Å². The second-order valence-electron chi connectivity index (χ2n) is 6.01. The minimum atomic E-state index is -4.60. The fourth-order valence-corrected chi connectivity index (χ4v) is 2.69. The molecule has 3 N–H and O–H groups in total. The third kappa shape index (κ3) is 4.37. The maximum atomic E-state index is 10.5. The van der Waals surface area contributed by atoms with Crippen LogP contribution in [-0.4, -0.2) is 54.2 Å². The highest BCUT2D eigenvalue weighted by atomic mass is 32.3. The van der Waals surface area contributed by atoms with E-state index in [2.05, 4.69) is 4.18 Å². The number of hydrogen-bond acceptors (Lipinski definition) is 6. The summed E-state index contributed by atoms with van der Waals surface area (Å²) in [5, 5.41) is 19.8.